The first-order chi connectivity index (χ1) is 7.43. The van der Waals surface area contributed by atoms with Gasteiger partial charge in [-0.05, 0) is 31.7 Å². The minimum Gasteiger partial charge on any atom is -0.479 e. The molecule has 0 radical (unpaired) electrons. The number of aliphatic hydroxyl groups is 1. The number of hydrogen-bond acceptors (Lipinski definition) is 3. The molecule has 1 aliphatic rings. The average molecular weight is 229 g/mol. The SMILES string of the molecule is CC1CCCCC1CNCC(C)(O)C(=O)O. The minimum atomic E-state index is -1.65. The van der Waals surface area contributed by atoms with E-state index < -0.39 is 11.6 Å². The molecule has 0 saturated heterocycles. The van der Waals surface area contributed by atoms with Gasteiger partial charge in [0, 0.05) is 6.54 Å². The summed E-state index contributed by atoms with van der Waals surface area (Å²) in [5, 5.41) is 21.3. The third kappa shape index (κ3) is 3.76. The Morgan fingerprint density at radius 1 is 1.44 bits per heavy atom. The summed E-state index contributed by atoms with van der Waals surface area (Å²) in [4.78, 5) is 10.7. The van der Waals surface area contributed by atoms with Crippen LogP contribution < -0.4 is 5.32 Å². The van der Waals surface area contributed by atoms with Crippen LogP contribution in [0, 0.1) is 11.8 Å². The number of carboxylic acids is 1. The Labute approximate surface area is 97.0 Å². The Bertz CT molecular complexity index is 240. The van der Waals surface area contributed by atoms with Crippen LogP contribution in [0.1, 0.15) is 39.5 Å². The van der Waals surface area contributed by atoms with Crippen LogP contribution in [0.4, 0.5) is 0 Å². The molecule has 0 aromatic rings. The lowest BCUT2D eigenvalue weighted by Crippen LogP contribution is -2.46. The Kier molecular flexibility index (Phi) is 4.74. The molecule has 4 heteroatoms. The average Bonchev–Trinajstić information content (AvgIpc) is 2.20. The summed E-state index contributed by atoms with van der Waals surface area (Å²) in [7, 11) is 0. The molecule has 0 amide bonds. The fourth-order valence-corrected chi connectivity index (χ4v) is 2.27. The van der Waals surface area contributed by atoms with Gasteiger partial charge in [0.05, 0.1) is 0 Å². The topological polar surface area (TPSA) is 69.6 Å². The molecule has 1 rings (SSSR count). The molecule has 0 aromatic carbocycles. The van der Waals surface area contributed by atoms with Gasteiger partial charge in [-0.3, -0.25) is 0 Å². The van der Waals surface area contributed by atoms with E-state index in [1.807, 2.05) is 0 Å². The lowest BCUT2D eigenvalue weighted by molar-refractivity contribution is -0.156. The number of rotatable bonds is 5. The maximum Gasteiger partial charge on any atom is 0.336 e. The zero-order valence-corrected chi connectivity index (χ0v) is 10.2. The summed E-state index contributed by atoms with van der Waals surface area (Å²) >= 11 is 0. The standard InChI is InChI=1S/C12H23NO3/c1-9-5-3-4-6-10(9)7-13-8-12(2,16)11(14)15/h9-10,13,16H,3-8H2,1-2H3,(H,14,15). The van der Waals surface area contributed by atoms with E-state index in [9.17, 15) is 9.90 Å². The fraction of sp³-hybridized carbons (Fsp3) is 0.917. The lowest BCUT2D eigenvalue weighted by atomic mass is 9.80. The van der Waals surface area contributed by atoms with Crippen LogP contribution in [0.3, 0.4) is 0 Å². The van der Waals surface area contributed by atoms with E-state index >= 15 is 0 Å². The van der Waals surface area contributed by atoms with E-state index in [2.05, 4.69) is 12.2 Å². The molecule has 3 N–H and O–H groups in total. The van der Waals surface area contributed by atoms with E-state index in [-0.39, 0.29) is 6.54 Å². The number of aliphatic carboxylic acids is 1. The highest BCUT2D eigenvalue weighted by atomic mass is 16.4. The predicted octanol–water partition coefficient (Wildman–Crippen LogP) is 1.24. The van der Waals surface area contributed by atoms with Crippen molar-refractivity contribution in [3.8, 4) is 0 Å². The molecule has 94 valence electrons. The molecule has 1 aliphatic carbocycles. The molecular weight excluding hydrogens is 206 g/mol. The molecule has 0 aromatic heterocycles. The monoisotopic (exact) mass is 229 g/mol. The first kappa shape index (κ1) is 13.5. The third-order valence-electron chi connectivity index (χ3n) is 3.63. The Morgan fingerprint density at radius 3 is 2.62 bits per heavy atom. The highest BCUT2D eigenvalue weighted by Crippen LogP contribution is 2.28. The number of carboxylic acid groups (broad SMARTS) is 1. The predicted molar refractivity (Wildman–Crippen MR) is 62.3 cm³/mol. The Balaban J connectivity index is 2.26. The maximum absolute atomic E-state index is 10.7. The maximum atomic E-state index is 10.7. The quantitative estimate of drug-likeness (QED) is 0.663. The summed E-state index contributed by atoms with van der Waals surface area (Å²) < 4.78 is 0. The molecule has 4 nitrogen and oxygen atoms in total. The molecule has 3 unspecified atom stereocenters. The van der Waals surface area contributed by atoms with E-state index in [0.29, 0.717) is 11.8 Å². The van der Waals surface area contributed by atoms with Gasteiger partial charge in [0.15, 0.2) is 5.60 Å². The fourth-order valence-electron chi connectivity index (χ4n) is 2.27. The van der Waals surface area contributed by atoms with Gasteiger partial charge in [0.2, 0.25) is 0 Å². The largest absolute Gasteiger partial charge is 0.479 e. The van der Waals surface area contributed by atoms with Crippen molar-refractivity contribution in [1.82, 2.24) is 5.32 Å². The van der Waals surface area contributed by atoms with Gasteiger partial charge in [-0.25, -0.2) is 4.79 Å². The first-order valence-corrected chi connectivity index (χ1v) is 6.10. The summed E-state index contributed by atoms with van der Waals surface area (Å²) in [6.07, 6.45) is 5.06. The zero-order valence-electron chi connectivity index (χ0n) is 10.2. The van der Waals surface area contributed by atoms with Crippen molar-refractivity contribution in [2.75, 3.05) is 13.1 Å². The van der Waals surface area contributed by atoms with Crippen molar-refractivity contribution in [2.24, 2.45) is 11.8 Å². The van der Waals surface area contributed by atoms with Crippen molar-refractivity contribution in [2.45, 2.75) is 45.1 Å². The summed E-state index contributed by atoms with van der Waals surface area (Å²) in [5.74, 6) is 0.158. The van der Waals surface area contributed by atoms with E-state index in [4.69, 9.17) is 5.11 Å². The van der Waals surface area contributed by atoms with Gasteiger partial charge >= 0.3 is 5.97 Å². The molecule has 16 heavy (non-hydrogen) atoms. The van der Waals surface area contributed by atoms with Gasteiger partial charge in [0.25, 0.3) is 0 Å². The van der Waals surface area contributed by atoms with Crippen LogP contribution in [-0.4, -0.2) is 34.9 Å². The van der Waals surface area contributed by atoms with Crippen LogP contribution in [0.25, 0.3) is 0 Å². The van der Waals surface area contributed by atoms with Crippen molar-refractivity contribution >= 4 is 5.97 Å². The molecule has 0 bridgehead atoms. The summed E-state index contributed by atoms with van der Waals surface area (Å²) in [5.41, 5.74) is -1.65. The van der Waals surface area contributed by atoms with Gasteiger partial charge in [-0.2, -0.15) is 0 Å². The van der Waals surface area contributed by atoms with Crippen LogP contribution >= 0.6 is 0 Å². The molecule has 1 saturated carbocycles. The van der Waals surface area contributed by atoms with Crippen molar-refractivity contribution < 1.29 is 15.0 Å². The zero-order chi connectivity index (χ0) is 12.2. The number of carbonyl (C=O) groups is 1. The van der Waals surface area contributed by atoms with Gasteiger partial charge in [0.1, 0.15) is 0 Å². The van der Waals surface area contributed by atoms with Crippen LogP contribution in [0.2, 0.25) is 0 Å². The first-order valence-electron chi connectivity index (χ1n) is 6.10. The highest BCUT2D eigenvalue weighted by molar-refractivity contribution is 5.76. The highest BCUT2D eigenvalue weighted by Gasteiger charge is 2.30. The van der Waals surface area contributed by atoms with E-state index in [1.54, 1.807) is 0 Å². The second-order valence-electron chi connectivity index (χ2n) is 5.23. The summed E-state index contributed by atoms with van der Waals surface area (Å²) in [6.45, 7) is 4.50. The molecule has 3 atom stereocenters. The van der Waals surface area contributed by atoms with Gasteiger partial charge in [-0.15, -0.1) is 0 Å². The third-order valence-corrected chi connectivity index (χ3v) is 3.63. The lowest BCUT2D eigenvalue weighted by Gasteiger charge is -2.30. The van der Waals surface area contributed by atoms with E-state index in [1.165, 1.54) is 32.6 Å². The molecule has 0 aliphatic heterocycles. The smallest absolute Gasteiger partial charge is 0.336 e. The Morgan fingerprint density at radius 2 is 2.06 bits per heavy atom. The second kappa shape index (κ2) is 5.64. The van der Waals surface area contributed by atoms with Crippen molar-refractivity contribution in [3.05, 3.63) is 0 Å². The van der Waals surface area contributed by atoms with Crippen LogP contribution in [0.5, 0.6) is 0 Å². The van der Waals surface area contributed by atoms with Crippen LogP contribution in [0.15, 0.2) is 0 Å². The van der Waals surface area contributed by atoms with Crippen LogP contribution in [-0.2, 0) is 4.79 Å². The minimum absolute atomic E-state index is 0.117. The molecule has 1 fully saturated rings. The molecule has 0 spiro atoms. The summed E-state index contributed by atoms with van der Waals surface area (Å²) in [6, 6.07) is 0. The molecular formula is C12H23NO3. The second-order valence-corrected chi connectivity index (χ2v) is 5.23. The van der Waals surface area contributed by atoms with E-state index in [0.717, 1.165) is 6.54 Å². The Hall–Kier alpha value is -0.610. The number of hydrogen-bond donors (Lipinski definition) is 3. The molecule has 0 heterocycles. The number of nitrogens with one attached hydrogen (secondary N) is 1. The van der Waals surface area contributed by atoms with Gasteiger partial charge in [-0.1, -0.05) is 26.2 Å². The van der Waals surface area contributed by atoms with Crippen molar-refractivity contribution in [3.63, 3.8) is 0 Å². The van der Waals surface area contributed by atoms with Crippen molar-refractivity contribution in [1.29, 1.82) is 0 Å². The van der Waals surface area contributed by atoms with Gasteiger partial charge < -0.3 is 15.5 Å². The normalized spacial score (nSPS) is 29.7.